The maximum Gasteiger partial charge on any atom is 0.293 e. The summed E-state index contributed by atoms with van der Waals surface area (Å²) < 4.78 is 13.0. The molecule has 0 spiro atoms. The Kier molecular flexibility index (Phi) is 5.61. The first kappa shape index (κ1) is 19.4. The maximum absolute atomic E-state index is 12.4. The highest BCUT2D eigenvalue weighted by molar-refractivity contribution is 6.01. The second-order valence-electron chi connectivity index (χ2n) is 6.97. The van der Waals surface area contributed by atoms with Crippen LogP contribution in [0.15, 0.2) is 71.4 Å². The third kappa shape index (κ3) is 4.57. The molecule has 0 bridgehead atoms. The third-order valence-corrected chi connectivity index (χ3v) is 4.70. The van der Waals surface area contributed by atoms with Gasteiger partial charge in [-0.15, -0.1) is 5.10 Å². The number of carbonyl (C=O) groups excluding carboxylic acids is 1. The highest BCUT2D eigenvalue weighted by Crippen LogP contribution is 2.19. The van der Waals surface area contributed by atoms with E-state index in [-0.39, 0.29) is 18.3 Å². The molecule has 2 aromatic carbocycles. The lowest BCUT2D eigenvalue weighted by Crippen LogP contribution is -2.12. The molecule has 0 saturated heterocycles. The maximum atomic E-state index is 12.4. The van der Waals surface area contributed by atoms with E-state index in [4.69, 9.17) is 9.15 Å². The van der Waals surface area contributed by atoms with Crippen LogP contribution in [0.1, 0.15) is 33.0 Å². The lowest BCUT2D eigenvalue weighted by Gasteiger charge is -2.06. The Morgan fingerprint density at radius 3 is 2.60 bits per heavy atom. The van der Waals surface area contributed by atoms with Gasteiger partial charge in [0.15, 0.2) is 5.76 Å². The van der Waals surface area contributed by atoms with Crippen LogP contribution < -0.4 is 10.1 Å². The molecule has 7 nitrogen and oxygen atoms in total. The number of carbonyl (C=O) groups is 1. The number of aromatic nitrogens is 3. The van der Waals surface area contributed by atoms with E-state index >= 15 is 0 Å². The summed E-state index contributed by atoms with van der Waals surface area (Å²) in [5, 5.41) is 6.97. The Balaban J connectivity index is 1.35. The molecule has 30 heavy (non-hydrogen) atoms. The smallest absolute Gasteiger partial charge is 0.293 e. The molecular weight excluding hydrogens is 380 g/mol. The molecule has 1 amide bonds. The van der Waals surface area contributed by atoms with Gasteiger partial charge in [-0.3, -0.25) is 10.1 Å². The monoisotopic (exact) mass is 402 g/mol. The number of hydrogen-bond donors (Lipinski definition) is 1. The molecule has 4 rings (SSSR count). The van der Waals surface area contributed by atoms with Crippen LogP contribution >= 0.6 is 0 Å². The van der Waals surface area contributed by atoms with E-state index in [0.29, 0.717) is 12.3 Å². The van der Waals surface area contributed by atoms with Gasteiger partial charge < -0.3 is 9.15 Å². The number of rotatable bonds is 7. The molecule has 0 aliphatic rings. The van der Waals surface area contributed by atoms with Crippen molar-refractivity contribution < 1.29 is 13.9 Å². The summed E-state index contributed by atoms with van der Waals surface area (Å²) in [4.78, 5) is 16.6. The van der Waals surface area contributed by atoms with Gasteiger partial charge in [0.05, 0.1) is 6.54 Å². The van der Waals surface area contributed by atoms with E-state index < -0.39 is 5.91 Å². The topological polar surface area (TPSA) is 82.2 Å². The number of hydrogen-bond acceptors (Lipinski definition) is 5. The Bertz CT molecular complexity index is 1160. The molecule has 0 atom stereocenters. The zero-order valence-corrected chi connectivity index (χ0v) is 16.8. The van der Waals surface area contributed by atoms with Gasteiger partial charge in [-0.25, -0.2) is 9.67 Å². The van der Waals surface area contributed by atoms with Crippen molar-refractivity contribution in [2.75, 3.05) is 5.32 Å². The van der Waals surface area contributed by atoms with Crippen molar-refractivity contribution >= 4 is 11.9 Å². The predicted molar refractivity (Wildman–Crippen MR) is 112 cm³/mol. The van der Waals surface area contributed by atoms with E-state index in [1.807, 2.05) is 62.4 Å². The standard InChI is InChI=1S/C23H22N4O3/c1-16-7-3-5-9-18(16)13-27-15-24-23(26-27)25-22(28)21-12-11-19(30-21)14-29-20-10-6-4-8-17(20)2/h3-12,15H,13-14H2,1-2H3,(H,25,26,28). The van der Waals surface area contributed by atoms with Gasteiger partial charge >= 0.3 is 0 Å². The quantitative estimate of drug-likeness (QED) is 0.496. The Morgan fingerprint density at radius 2 is 1.80 bits per heavy atom. The van der Waals surface area contributed by atoms with Crippen molar-refractivity contribution in [1.82, 2.24) is 14.8 Å². The average molecular weight is 402 g/mol. The summed E-state index contributed by atoms with van der Waals surface area (Å²) in [6.45, 7) is 4.84. The fraction of sp³-hybridized carbons (Fsp3) is 0.174. The lowest BCUT2D eigenvalue weighted by molar-refractivity contribution is 0.0991. The lowest BCUT2D eigenvalue weighted by atomic mass is 10.1. The van der Waals surface area contributed by atoms with Crippen LogP contribution in [0.4, 0.5) is 5.95 Å². The van der Waals surface area contributed by atoms with Crippen LogP contribution in [0.25, 0.3) is 0 Å². The summed E-state index contributed by atoms with van der Waals surface area (Å²) in [5.41, 5.74) is 3.36. The minimum absolute atomic E-state index is 0.175. The number of furan rings is 1. The molecule has 0 radical (unpaired) electrons. The normalized spacial score (nSPS) is 10.7. The highest BCUT2D eigenvalue weighted by Gasteiger charge is 2.14. The van der Waals surface area contributed by atoms with Crippen LogP contribution in [0.3, 0.4) is 0 Å². The molecule has 1 N–H and O–H groups in total. The van der Waals surface area contributed by atoms with Crippen LogP contribution in [0, 0.1) is 13.8 Å². The summed E-state index contributed by atoms with van der Waals surface area (Å²) >= 11 is 0. The van der Waals surface area contributed by atoms with Gasteiger partial charge in [-0.05, 0) is 48.7 Å². The van der Waals surface area contributed by atoms with E-state index in [1.54, 1.807) is 23.1 Å². The van der Waals surface area contributed by atoms with Gasteiger partial charge in [0.2, 0.25) is 5.95 Å². The second kappa shape index (κ2) is 8.65. The second-order valence-corrected chi connectivity index (χ2v) is 6.97. The molecule has 152 valence electrons. The van der Waals surface area contributed by atoms with E-state index in [1.165, 1.54) is 5.56 Å². The van der Waals surface area contributed by atoms with Gasteiger partial charge in [0.25, 0.3) is 5.91 Å². The largest absolute Gasteiger partial charge is 0.485 e. The van der Waals surface area contributed by atoms with Gasteiger partial charge in [0.1, 0.15) is 24.4 Å². The number of benzene rings is 2. The number of aryl methyl sites for hydroxylation is 2. The van der Waals surface area contributed by atoms with Gasteiger partial charge in [-0.1, -0.05) is 42.5 Å². The zero-order valence-electron chi connectivity index (χ0n) is 16.8. The van der Waals surface area contributed by atoms with E-state index in [9.17, 15) is 4.79 Å². The number of nitrogens with one attached hydrogen (secondary N) is 1. The fourth-order valence-corrected chi connectivity index (χ4v) is 3.00. The van der Waals surface area contributed by atoms with Crippen molar-refractivity contribution in [2.45, 2.75) is 27.0 Å². The molecule has 7 heteroatoms. The third-order valence-electron chi connectivity index (χ3n) is 4.70. The Labute approximate surface area is 174 Å². The summed E-state index contributed by atoms with van der Waals surface area (Å²) in [5.74, 6) is 1.33. The average Bonchev–Trinajstić information content (AvgIpc) is 3.39. The molecule has 0 saturated carbocycles. The van der Waals surface area contributed by atoms with Crippen molar-refractivity contribution in [1.29, 1.82) is 0 Å². The van der Waals surface area contributed by atoms with E-state index in [0.717, 1.165) is 16.9 Å². The number of para-hydroxylation sites is 1. The minimum atomic E-state index is -0.411. The number of amides is 1. The van der Waals surface area contributed by atoms with Crippen molar-refractivity contribution in [3.8, 4) is 5.75 Å². The molecule has 0 unspecified atom stereocenters. The Morgan fingerprint density at radius 1 is 1.03 bits per heavy atom. The summed E-state index contributed by atoms with van der Waals surface area (Å²) in [7, 11) is 0. The molecule has 0 aliphatic heterocycles. The van der Waals surface area contributed by atoms with Crippen LogP contribution in [-0.2, 0) is 13.2 Å². The highest BCUT2D eigenvalue weighted by atomic mass is 16.5. The molecule has 2 heterocycles. The molecule has 0 aliphatic carbocycles. The van der Waals surface area contributed by atoms with Crippen LogP contribution in [-0.4, -0.2) is 20.7 Å². The summed E-state index contributed by atoms with van der Waals surface area (Å²) in [6, 6.07) is 19.1. The van der Waals surface area contributed by atoms with Gasteiger partial charge in [-0.2, -0.15) is 0 Å². The Hall–Kier alpha value is -3.87. The number of anilines is 1. The molecule has 2 aromatic heterocycles. The first-order valence-corrected chi connectivity index (χ1v) is 9.61. The first-order chi connectivity index (χ1) is 14.6. The van der Waals surface area contributed by atoms with Crippen molar-refractivity contribution in [3.05, 3.63) is 95.2 Å². The minimum Gasteiger partial charge on any atom is -0.485 e. The predicted octanol–water partition coefficient (Wildman–Crippen LogP) is 4.37. The SMILES string of the molecule is Cc1ccccc1Cn1cnc(NC(=O)c2ccc(COc3ccccc3C)o2)n1. The van der Waals surface area contributed by atoms with Crippen molar-refractivity contribution in [2.24, 2.45) is 0 Å². The zero-order chi connectivity index (χ0) is 20.9. The molecule has 4 aromatic rings. The van der Waals surface area contributed by atoms with Crippen LogP contribution in [0.5, 0.6) is 5.75 Å². The molecular formula is C23H22N4O3. The van der Waals surface area contributed by atoms with Gasteiger partial charge in [0, 0.05) is 0 Å². The summed E-state index contributed by atoms with van der Waals surface area (Å²) in [6.07, 6.45) is 1.59. The number of ether oxygens (including phenoxy) is 1. The van der Waals surface area contributed by atoms with Crippen molar-refractivity contribution in [3.63, 3.8) is 0 Å². The van der Waals surface area contributed by atoms with E-state index in [2.05, 4.69) is 15.4 Å². The molecule has 0 fully saturated rings. The fourth-order valence-electron chi connectivity index (χ4n) is 3.00. The van der Waals surface area contributed by atoms with Crippen LogP contribution in [0.2, 0.25) is 0 Å². The first-order valence-electron chi connectivity index (χ1n) is 9.61. The number of nitrogens with zero attached hydrogens (tertiary/aromatic N) is 3.